The van der Waals surface area contributed by atoms with Crippen molar-refractivity contribution >= 4 is 33.2 Å². The van der Waals surface area contributed by atoms with Crippen molar-refractivity contribution in [3.63, 3.8) is 0 Å². The number of halogens is 1. The van der Waals surface area contributed by atoms with Crippen molar-refractivity contribution in [3.8, 4) is 0 Å². The molecule has 0 saturated carbocycles. The SMILES string of the molecule is C=C(Cl)COC(=O)c1ccc2c(c1)S(=O)(=O)c1ccccc1C2=O. The summed E-state index contributed by atoms with van der Waals surface area (Å²) in [5.41, 5.74) is 0.174. The standard InChI is InChI=1S/C17H11ClO5S/c1-10(18)9-23-17(20)11-6-7-13-15(8-11)24(21,22)14-5-3-2-4-12(14)16(13)19/h2-8H,1,9H2. The van der Waals surface area contributed by atoms with Crippen LogP contribution in [0, 0.1) is 0 Å². The molecule has 24 heavy (non-hydrogen) atoms. The fourth-order valence-corrected chi connectivity index (χ4v) is 4.17. The summed E-state index contributed by atoms with van der Waals surface area (Å²) in [5, 5.41) is 0.137. The highest BCUT2D eigenvalue weighted by atomic mass is 35.5. The Labute approximate surface area is 143 Å². The summed E-state index contributed by atoms with van der Waals surface area (Å²) in [6.45, 7) is 3.21. The van der Waals surface area contributed by atoms with Crippen LogP contribution in [-0.4, -0.2) is 26.8 Å². The Balaban J connectivity index is 2.10. The molecule has 0 radical (unpaired) electrons. The van der Waals surface area contributed by atoms with E-state index in [1.165, 1.54) is 24.3 Å². The minimum Gasteiger partial charge on any atom is -0.456 e. The maximum absolute atomic E-state index is 12.7. The van der Waals surface area contributed by atoms with Gasteiger partial charge in [0, 0.05) is 16.2 Å². The van der Waals surface area contributed by atoms with Crippen LogP contribution in [0.3, 0.4) is 0 Å². The molecule has 0 saturated heterocycles. The summed E-state index contributed by atoms with van der Waals surface area (Å²) < 4.78 is 30.4. The molecule has 0 fully saturated rings. The van der Waals surface area contributed by atoms with Gasteiger partial charge in [-0.05, 0) is 30.3 Å². The predicted octanol–water partition coefficient (Wildman–Crippen LogP) is 2.97. The first-order valence-electron chi connectivity index (χ1n) is 6.85. The molecule has 0 aromatic heterocycles. The molecule has 3 rings (SSSR count). The summed E-state index contributed by atoms with van der Waals surface area (Å²) in [4.78, 5) is 24.2. The number of ketones is 1. The van der Waals surface area contributed by atoms with E-state index in [1.807, 2.05) is 0 Å². The first-order valence-corrected chi connectivity index (χ1v) is 8.72. The van der Waals surface area contributed by atoms with Gasteiger partial charge in [0.05, 0.1) is 15.4 Å². The molecule has 0 N–H and O–H groups in total. The fourth-order valence-electron chi connectivity index (χ4n) is 2.44. The van der Waals surface area contributed by atoms with Gasteiger partial charge in [0.1, 0.15) is 6.61 Å². The third-order valence-electron chi connectivity index (χ3n) is 3.53. The monoisotopic (exact) mass is 362 g/mol. The number of benzene rings is 2. The molecule has 2 aromatic rings. The molecule has 5 nitrogen and oxygen atoms in total. The van der Waals surface area contributed by atoms with Crippen LogP contribution in [-0.2, 0) is 14.6 Å². The van der Waals surface area contributed by atoms with Crippen molar-refractivity contribution in [1.29, 1.82) is 0 Å². The zero-order chi connectivity index (χ0) is 17.5. The van der Waals surface area contributed by atoms with E-state index in [0.717, 1.165) is 6.07 Å². The number of sulfone groups is 1. The van der Waals surface area contributed by atoms with Crippen LogP contribution in [0.15, 0.2) is 63.9 Å². The maximum atomic E-state index is 12.7. The van der Waals surface area contributed by atoms with Gasteiger partial charge in [0.25, 0.3) is 0 Å². The van der Waals surface area contributed by atoms with Crippen LogP contribution in [0.4, 0.5) is 0 Å². The van der Waals surface area contributed by atoms with E-state index in [9.17, 15) is 18.0 Å². The van der Waals surface area contributed by atoms with Crippen molar-refractivity contribution in [1.82, 2.24) is 0 Å². The Morgan fingerprint density at radius 1 is 1.08 bits per heavy atom. The lowest BCUT2D eigenvalue weighted by atomic mass is 10.0. The lowest BCUT2D eigenvalue weighted by Crippen LogP contribution is -2.21. The molecule has 7 heteroatoms. The number of hydrogen-bond donors (Lipinski definition) is 0. The van der Waals surface area contributed by atoms with Gasteiger partial charge in [-0.15, -0.1) is 0 Å². The zero-order valence-corrected chi connectivity index (χ0v) is 13.9. The van der Waals surface area contributed by atoms with Gasteiger partial charge in [-0.25, -0.2) is 13.2 Å². The number of esters is 1. The van der Waals surface area contributed by atoms with Crippen molar-refractivity contribution < 1.29 is 22.7 Å². The fraction of sp³-hybridized carbons (Fsp3) is 0.0588. The van der Waals surface area contributed by atoms with E-state index in [2.05, 4.69) is 6.58 Å². The third-order valence-corrected chi connectivity index (χ3v) is 5.49. The number of hydrogen-bond acceptors (Lipinski definition) is 5. The second kappa shape index (κ2) is 5.89. The quantitative estimate of drug-likeness (QED) is 0.669. The smallest absolute Gasteiger partial charge is 0.338 e. The van der Waals surface area contributed by atoms with Gasteiger partial charge in [-0.2, -0.15) is 0 Å². The van der Waals surface area contributed by atoms with Crippen LogP contribution in [0.1, 0.15) is 26.3 Å². The largest absolute Gasteiger partial charge is 0.456 e. The Morgan fingerprint density at radius 3 is 2.46 bits per heavy atom. The van der Waals surface area contributed by atoms with Crippen molar-refractivity contribution in [2.75, 3.05) is 6.61 Å². The van der Waals surface area contributed by atoms with Gasteiger partial charge in [0.15, 0.2) is 5.78 Å². The number of ether oxygens (including phenoxy) is 1. The highest BCUT2D eigenvalue weighted by molar-refractivity contribution is 7.91. The van der Waals surface area contributed by atoms with Crippen molar-refractivity contribution in [2.24, 2.45) is 0 Å². The number of carbonyl (C=O) groups excluding carboxylic acids is 2. The molecule has 122 valence electrons. The highest BCUT2D eigenvalue weighted by Crippen LogP contribution is 2.34. The number of fused-ring (bicyclic) bond motifs is 2. The summed E-state index contributed by atoms with van der Waals surface area (Å²) in [6, 6.07) is 9.79. The van der Waals surface area contributed by atoms with Crippen LogP contribution < -0.4 is 0 Å². The molecule has 2 aromatic carbocycles. The van der Waals surface area contributed by atoms with Gasteiger partial charge in [-0.3, -0.25) is 4.79 Å². The summed E-state index contributed by atoms with van der Waals surface area (Å²) in [7, 11) is -3.89. The Bertz CT molecular complexity index is 992. The third kappa shape index (κ3) is 2.64. The average molecular weight is 363 g/mol. The lowest BCUT2D eigenvalue weighted by molar-refractivity contribution is 0.0545. The summed E-state index contributed by atoms with van der Waals surface area (Å²) in [5.74, 6) is -1.15. The molecular weight excluding hydrogens is 352 g/mol. The predicted molar refractivity (Wildman–Crippen MR) is 87.0 cm³/mol. The topological polar surface area (TPSA) is 77.5 Å². The molecule has 0 bridgehead atoms. The maximum Gasteiger partial charge on any atom is 0.338 e. The lowest BCUT2D eigenvalue weighted by Gasteiger charge is -2.19. The second-order valence-corrected chi connectivity index (χ2v) is 7.55. The Morgan fingerprint density at radius 2 is 1.75 bits per heavy atom. The molecular formula is C17H11ClO5S. The van der Waals surface area contributed by atoms with Gasteiger partial charge < -0.3 is 4.74 Å². The molecule has 0 unspecified atom stereocenters. The first-order chi connectivity index (χ1) is 11.3. The van der Waals surface area contributed by atoms with Gasteiger partial charge >= 0.3 is 5.97 Å². The Kier molecular flexibility index (Phi) is 4.03. The normalized spacial score (nSPS) is 14.5. The number of carbonyl (C=O) groups is 2. The van der Waals surface area contributed by atoms with E-state index in [1.54, 1.807) is 12.1 Å². The summed E-state index contributed by atoms with van der Waals surface area (Å²) >= 11 is 5.53. The number of rotatable bonds is 3. The molecule has 1 aliphatic rings. The molecule has 1 aliphatic heterocycles. The molecule has 0 amide bonds. The zero-order valence-electron chi connectivity index (χ0n) is 12.3. The van der Waals surface area contributed by atoms with Crippen LogP contribution in [0.5, 0.6) is 0 Å². The molecule has 1 heterocycles. The highest BCUT2D eigenvalue weighted by Gasteiger charge is 2.35. The van der Waals surface area contributed by atoms with E-state index < -0.39 is 21.6 Å². The minimum absolute atomic E-state index is 0.0161. The Hall–Kier alpha value is -2.44. The van der Waals surface area contributed by atoms with Crippen molar-refractivity contribution in [3.05, 3.63) is 70.8 Å². The van der Waals surface area contributed by atoms with E-state index >= 15 is 0 Å². The van der Waals surface area contributed by atoms with E-state index in [0.29, 0.717) is 0 Å². The summed E-state index contributed by atoms with van der Waals surface area (Å²) in [6.07, 6.45) is 0. The second-order valence-electron chi connectivity index (χ2n) is 5.13. The van der Waals surface area contributed by atoms with Crippen LogP contribution in [0.2, 0.25) is 0 Å². The molecule has 0 atom stereocenters. The van der Waals surface area contributed by atoms with Crippen LogP contribution >= 0.6 is 11.6 Å². The van der Waals surface area contributed by atoms with Crippen molar-refractivity contribution in [2.45, 2.75) is 9.79 Å². The van der Waals surface area contributed by atoms with E-state index in [4.69, 9.17) is 16.3 Å². The van der Waals surface area contributed by atoms with Gasteiger partial charge in [-0.1, -0.05) is 30.3 Å². The first kappa shape index (κ1) is 16.4. The van der Waals surface area contributed by atoms with Gasteiger partial charge in [0.2, 0.25) is 9.84 Å². The molecule has 0 spiro atoms. The average Bonchev–Trinajstić information content (AvgIpc) is 2.57. The van der Waals surface area contributed by atoms with E-state index in [-0.39, 0.29) is 38.1 Å². The molecule has 0 aliphatic carbocycles. The van der Waals surface area contributed by atoms with Crippen LogP contribution in [0.25, 0.3) is 0 Å². The minimum atomic E-state index is -3.89.